The van der Waals surface area contributed by atoms with Gasteiger partial charge in [-0.3, -0.25) is 0 Å². The van der Waals surface area contributed by atoms with Gasteiger partial charge in [-0.1, -0.05) is 0 Å². The molecule has 0 radical (unpaired) electrons. The number of rotatable bonds is 0. The first-order chi connectivity index (χ1) is 0. The van der Waals surface area contributed by atoms with Crippen LogP contribution in [0.2, 0.25) is 0 Å². The van der Waals surface area contributed by atoms with Crippen molar-refractivity contribution in [1.82, 2.24) is 0 Å². The molecule has 4 N–H and O–H groups in total. The summed E-state index contributed by atoms with van der Waals surface area (Å²) in [6.45, 7) is 0. The normalized spacial score (nSPS) is 0. The first kappa shape index (κ1) is 26.0. The van der Waals surface area contributed by atoms with Crippen molar-refractivity contribution in [2.24, 2.45) is 0 Å². The average Bonchev–Trinajstić information content (AvgIpc) is 0. The topological polar surface area (TPSA) is 63.0 Å². The van der Waals surface area contributed by atoms with Crippen LogP contribution in [-0.2, 0) is 0 Å². The molecule has 0 aliphatic carbocycles. The van der Waals surface area contributed by atoms with Gasteiger partial charge in [0.1, 0.15) is 0 Å². The van der Waals surface area contributed by atoms with Crippen LogP contribution in [0.25, 0.3) is 0 Å². The molecule has 0 amide bonds. The molecule has 4 heavy (non-hydrogen) atoms. The van der Waals surface area contributed by atoms with E-state index in [-0.39, 0.29) is 125 Å². The molecule has 22 valence electrons. The maximum absolute atomic E-state index is 0. The summed E-state index contributed by atoms with van der Waals surface area (Å²) in [5.41, 5.74) is 0. The molecule has 0 spiro atoms. The predicted octanol–water partition coefficient (Wildman–Crippen LogP) is -3.21. The Bertz CT molecular complexity index is 6.00. The second-order valence-corrected chi connectivity index (χ2v) is 0. The first-order valence-electron chi connectivity index (χ1n) is 0. The van der Waals surface area contributed by atoms with Crippen LogP contribution < -0.4 is 0 Å². The van der Waals surface area contributed by atoms with Crippen LogP contribution in [0.3, 0.4) is 0 Å². The molecule has 0 heterocycles. The van der Waals surface area contributed by atoms with Crippen molar-refractivity contribution >= 4 is 114 Å². The molecule has 0 fully saturated rings. The average molecular weight is 260 g/mol. The molecule has 0 aliphatic heterocycles. The van der Waals surface area contributed by atoms with E-state index in [1.807, 2.05) is 0 Å². The van der Waals surface area contributed by atoms with Crippen molar-refractivity contribution in [2.75, 3.05) is 0 Å². The summed E-state index contributed by atoms with van der Waals surface area (Å²) in [6.07, 6.45) is 0. The summed E-state index contributed by atoms with van der Waals surface area (Å²) >= 11 is 0. The fraction of sp³-hybridized carbons (Fsp3) is 0. The van der Waals surface area contributed by atoms with Crippen LogP contribution in [0.1, 0.15) is 0 Å². The van der Waals surface area contributed by atoms with Crippen LogP contribution in [0, 0.1) is 0 Å². The number of hydrogen-bond donors (Lipinski definition) is 0. The van der Waals surface area contributed by atoms with Gasteiger partial charge in [-0.2, -0.15) is 0 Å². The molecular weight excluding hydrogens is 253 g/mol. The summed E-state index contributed by atoms with van der Waals surface area (Å²) in [5.74, 6) is 0. The van der Waals surface area contributed by atoms with Crippen molar-refractivity contribution in [1.29, 1.82) is 0 Å². The Balaban J connectivity index is 0. The molecule has 0 unspecified atom stereocenters. The van der Waals surface area contributed by atoms with E-state index in [9.17, 15) is 0 Å². The summed E-state index contributed by atoms with van der Waals surface area (Å²) in [5, 5.41) is 0. The third-order valence-corrected chi connectivity index (χ3v) is 0. The van der Waals surface area contributed by atoms with Gasteiger partial charge in [-0.15, -0.1) is 0 Å². The molecule has 0 atom stereocenters. The quantitative estimate of drug-likeness (QED) is 0.411. The van der Waals surface area contributed by atoms with Crippen molar-refractivity contribution < 1.29 is 11.0 Å². The minimum atomic E-state index is 0. The zero-order chi connectivity index (χ0) is 0. The molecular formula is H7CsO2Sr. The Morgan fingerprint density at radius 1 is 0.750 bits per heavy atom. The van der Waals surface area contributed by atoms with Gasteiger partial charge >= 0.3 is 114 Å². The van der Waals surface area contributed by atoms with Crippen molar-refractivity contribution in [3.05, 3.63) is 0 Å². The Hall–Kier alpha value is 3.45. The monoisotopic (exact) mass is 260 g/mol. The van der Waals surface area contributed by atoms with E-state index in [2.05, 4.69) is 0 Å². The zero-order valence-corrected chi connectivity index (χ0v) is 1.00. The van der Waals surface area contributed by atoms with Crippen LogP contribution in [0.15, 0.2) is 0 Å². The van der Waals surface area contributed by atoms with Crippen molar-refractivity contribution in [2.45, 2.75) is 0 Å². The van der Waals surface area contributed by atoms with Gasteiger partial charge in [0.15, 0.2) is 0 Å². The van der Waals surface area contributed by atoms with Gasteiger partial charge in [0.05, 0.1) is 0 Å². The standard InChI is InChI=1S/Cs.2H2O.Sr.3H/h;2*1H2;;;;. The van der Waals surface area contributed by atoms with Crippen molar-refractivity contribution in [3.63, 3.8) is 0 Å². The Labute approximate surface area is 121 Å². The summed E-state index contributed by atoms with van der Waals surface area (Å²) in [4.78, 5) is 0. The second kappa shape index (κ2) is 16.1. The molecule has 0 aliphatic rings. The van der Waals surface area contributed by atoms with E-state index in [1.165, 1.54) is 0 Å². The van der Waals surface area contributed by atoms with Gasteiger partial charge in [-0.25, -0.2) is 0 Å². The zero-order valence-electron chi connectivity index (χ0n) is 1.00. The van der Waals surface area contributed by atoms with Gasteiger partial charge in [0.25, 0.3) is 0 Å². The first-order valence-corrected chi connectivity index (χ1v) is 0. The van der Waals surface area contributed by atoms with Gasteiger partial charge in [-0.05, 0) is 0 Å². The molecule has 4 heteroatoms. The maximum atomic E-state index is 0. The SMILES string of the molecule is O.O.[CsH].[SrH2]. The predicted molar refractivity (Wildman–Crippen MR) is 22.9 cm³/mol. The minimum absolute atomic E-state index is 0. The van der Waals surface area contributed by atoms with Gasteiger partial charge in [0, 0.05) is 0 Å². The third kappa shape index (κ3) is 9.07. The molecule has 0 bridgehead atoms. The van der Waals surface area contributed by atoms with Crippen LogP contribution >= 0.6 is 0 Å². The fourth-order valence-corrected chi connectivity index (χ4v) is 0. The van der Waals surface area contributed by atoms with E-state index in [0.29, 0.717) is 0 Å². The summed E-state index contributed by atoms with van der Waals surface area (Å²) in [7, 11) is 0. The summed E-state index contributed by atoms with van der Waals surface area (Å²) in [6, 6.07) is 0. The fourth-order valence-electron chi connectivity index (χ4n) is 0. The Morgan fingerprint density at radius 2 is 0.750 bits per heavy atom. The van der Waals surface area contributed by atoms with E-state index >= 15 is 0 Å². The van der Waals surface area contributed by atoms with E-state index < -0.39 is 0 Å². The van der Waals surface area contributed by atoms with Gasteiger partial charge < -0.3 is 11.0 Å². The molecule has 0 aromatic rings. The molecule has 0 aromatic heterocycles. The molecule has 2 nitrogen and oxygen atoms in total. The molecule has 0 saturated carbocycles. The molecule has 0 saturated heterocycles. The van der Waals surface area contributed by atoms with E-state index in [4.69, 9.17) is 0 Å². The van der Waals surface area contributed by atoms with Gasteiger partial charge in [0.2, 0.25) is 0 Å². The van der Waals surface area contributed by atoms with Crippen LogP contribution in [-0.4, -0.2) is 125 Å². The van der Waals surface area contributed by atoms with Crippen molar-refractivity contribution in [3.8, 4) is 0 Å². The number of hydrogen-bond acceptors (Lipinski definition) is 0. The molecule has 0 rings (SSSR count). The van der Waals surface area contributed by atoms with Crippen LogP contribution in [0.4, 0.5) is 0 Å². The third-order valence-electron chi connectivity index (χ3n) is 0. The Morgan fingerprint density at radius 3 is 0.750 bits per heavy atom. The second-order valence-electron chi connectivity index (χ2n) is 0. The van der Waals surface area contributed by atoms with E-state index in [0.717, 1.165) is 0 Å². The summed E-state index contributed by atoms with van der Waals surface area (Å²) < 4.78 is 0. The van der Waals surface area contributed by atoms with Crippen LogP contribution in [0.5, 0.6) is 0 Å². The van der Waals surface area contributed by atoms with E-state index in [1.54, 1.807) is 0 Å². The molecule has 0 aromatic carbocycles. The Kier molecular flexibility index (Phi) is 105.